The first-order valence-corrected chi connectivity index (χ1v) is 14.0. The average molecular weight is 538 g/mol. The second-order valence-corrected chi connectivity index (χ2v) is 10.6. The lowest BCUT2D eigenvalue weighted by atomic mass is 10.0. The van der Waals surface area contributed by atoms with Crippen LogP contribution in [-0.2, 0) is 0 Å². The molecule has 0 aliphatic heterocycles. The van der Waals surface area contributed by atoms with E-state index in [1.807, 2.05) is 24.4 Å². The summed E-state index contributed by atoms with van der Waals surface area (Å²) in [5, 5.41) is 7.27. The summed E-state index contributed by atoms with van der Waals surface area (Å²) in [6.07, 6.45) is 5.39. The summed E-state index contributed by atoms with van der Waals surface area (Å²) in [4.78, 5) is 13.8. The SMILES string of the molecule is c1ccc(-n2c3ccccc3c3cc4cc5c(cc4cc32)c2ccccc2n5-c2ccnc(-c3cccnc3)n2)cc1. The number of benzene rings is 5. The van der Waals surface area contributed by atoms with Crippen LogP contribution in [0.4, 0.5) is 0 Å². The molecule has 5 aromatic carbocycles. The summed E-state index contributed by atoms with van der Waals surface area (Å²) in [6, 6.07) is 43.0. The number of fused-ring (bicyclic) bond motifs is 7. The first kappa shape index (κ1) is 22.9. The minimum atomic E-state index is 0.655. The Bertz CT molecular complexity index is 2450. The van der Waals surface area contributed by atoms with E-state index in [2.05, 4.69) is 122 Å². The maximum atomic E-state index is 5.00. The van der Waals surface area contributed by atoms with Gasteiger partial charge < -0.3 is 4.57 Å². The third-order valence-electron chi connectivity index (χ3n) is 8.23. The summed E-state index contributed by atoms with van der Waals surface area (Å²) in [7, 11) is 0. The van der Waals surface area contributed by atoms with Crippen molar-refractivity contribution in [3.8, 4) is 22.9 Å². The molecule has 0 aliphatic rings. The lowest BCUT2D eigenvalue weighted by molar-refractivity contribution is 1.04. The smallest absolute Gasteiger partial charge is 0.163 e. The Kier molecular flexibility index (Phi) is 4.83. The number of hydrogen-bond donors (Lipinski definition) is 0. The summed E-state index contributed by atoms with van der Waals surface area (Å²) in [5.41, 5.74) is 6.69. The molecule has 9 rings (SSSR count). The quantitative estimate of drug-likeness (QED) is 0.226. The molecule has 0 N–H and O–H groups in total. The van der Waals surface area contributed by atoms with E-state index in [0.717, 1.165) is 28.1 Å². The second kappa shape index (κ2) is 8.85. The maximum absolute atomic E-state index is 5.00. The van der Waals surface area contributed by atoms with Crippen LogP contribution in [0, 0.1) is 0 Å². The van der Waals surface area contributed by atoms with Crippen molar-refractivity contribution in [2.75, 3.05) is 0 Å². The standard InChI is InChI=1S/C37H23N5/c1-2-10-27(11-3-1)41-32-14-6-4-12-28(32)30-19-26-22-35-31(20-25(26)21-34(30)41)29-13-5-7-15-33(29)42(35)36-16-18-39-37(40-36)24-9-8-17-38-23-24/h1-23H. The lowest BCUT2D eigenvalue weighted by Gasteiger charge is -2.10. The summed E-state index contributed by atoms with van der Waals surface area (Å²) in [5.74, 6) is 1.49. The molecular weight excluding hydrogens is 514 g/mol. The van der Waals surface area contributed by atoms with Gasteiger partial charge in [0.25, 0.3) is 0 Å². The molecule has 4 aromatic heterocycles. The van der Waals surface area contributed by atoms with Gasteiger partial charge in [-0.1, -0.05) is 54.6 Å². The Hall–Kier alpha value is -5.81. The first-order valence-electron chi connectivity index (χ1n) is 14.0. The molecule has 0 fully saturated rings. The molecule has 0 saturated heterocycles. The second-order valence-electron chi connectivity index (χ2n) is 10.6. The van der Waals surface area contributed by atoms with Gasteiger partial charge in [-0.05, 0) is 77.5 Å². The van der Waals surface area contributed by atoms with E-state index < -0.39 is 0 Å². The molecule has 5 heteroatoms. The van der Waals surface area contributed by atoms with Crippen LogP contribution in [0.5, 0.6) is 0 Å². The highest BCUT2D eigenvalue weighted by Gasteiger charge is 2.17. The maximum Gasteiger partial charge on any atom is 0.163 e. The molecule has 0 unspecified atom stereocenters. The van der Waals surface area contributed by atoms with Gasteiger partial charge in [-0.25, -0.2) is 9.97 Å². The van der Waals surface area contributed by atoms with Crippen LogP contribution >= 0.6 is 0 Å². The highest BCUT2D eigenvalue weighted by Crippen LogP contribution is 2.39. The van der Waals surface area contributed by atoms with Crippen LogP contribution in [0.25, 0.3) is 77.3 Å². The van der Waals surface area contributed by atoms with Gasteiger partial charge in [0.15, 0.2) is 5.82 Å². The summed E-state index contributed by atoms with van der Waals surface area (Å²) in [6.45, 7) is 0. The minimum absolute atomic E-state index is 0.655. The predicted molar refractivity (Wildman–Crippen MR) is 171 cm³/mol. The highest BCUT2D eigenvalue weighted by atomic mass is 15.1. The predicted octanol–water partition coefficient (Wildman–Crippen LogP) is 8.89. The fourth-order valence-corrected chi connectivity index (χ4v) is 6.39. The Balaban J connectivity index is 1.36. The van der Waals surface area contributed by atoms with Crippen molar-refractivity contribution in [2.24, 2.45) is 0 Å². The van der Waals surface area contributed by atoms with Crippen LogP contribution in [0.2, 0.25) is 0 Å². The monoisotopic (exact) mass is 537 g/mol. The molecule has 42 heavy (non-hydrogen) atoms. The zero-order valence-electron chi connectivity index (χ0n) is 22.5. The van der Waals surface area contributed by atoms with Gasteiger partial charge in [0.2, 0.25) is 0 Å². The molecular formula is C37H23N5. The fraction of sp³-hybridized carbons (Fsp3) is 0. The zero-order chi connectivity index (χ0) is 27.6. The van der Waals surface area contributed by atoms with Crippen molar-refractivity contribution < 1.29 is 0 Å². The Morgan fingerprint density at radius 1 is 0.476 bits per heavy atom. The van der Waals surface area contributed by atoms with E-state index in [-0.39, 0.29) is 0 Å². The van der Waals surface area contributed by atoms with E-state index in [4.69, 9.17) is 4.98 Å². The van der Waals surface area contributed by atoms with Gasteiger partial charge in [0, 0.05) is 51.4 Å². The Labute approximate surface area is 241 Å². The minimum Gasteiger partial charge on any atom is -0.309 e. The lowest BCUT2D eigenvalue weighted by Crippen LogP contribution is -2.00. The largest absolute Gasteiger partial charge is 0.309 e. The van der Waals surface area contributed by atoms with E-state index in [0.29, 0.717) is 5.82 Å². The van der Waals surface area contributed by atoms with E-state index in [1.54, 1.807) is 12.4 Å². The highest BCUT2D eigenvalue weighted by molar-refractivity contribution is 6.18. The molecule has 0 amide bonds. The van der Waals surface area contributed by atoms with Crippen LogP contribution in [0.15, 0.2) is 140 Å². The Morgan fingerprint density at radius 3 is 1.81 bits per heavy atom. The van der Waals surface area contributed by atoms with Crippen molar-refractivity contribution in [2.45, 2.75) is 0 Å². The van der Waals surface area contributed by atoms with Gasteiger partial charge in [-0.3, -0.25) is 9.55 Å². The third-order valence-corrected chi connectivity index (χ3v) is 8.23. The topological polar surface area (TPSA) is 48.5 Å². The zero-order valence-corrected chi connectivity index (χ0v) is 22.5. The van der Waals surface area contributed by atoms with Gasteiger partial charge in [-0.2, -0.15) is 0 Å². The first-order chi connectivity index (χ1) is 20.8. The molecule has 196 valence electrons. The van der Waals surface area contributed by atoms with E-state index in [1.165, 1.54) is 43.4 Å². The number of aromatic nitrogens is 5. The van der Waals surface area contributed by atoms with Gasteiger partial charge in [0.05, 0.1) is 22.1 Å². The van der Waals surface area contributed by atoms with Gasteiger partial charge in [0.1, 0.15) is 5.82 Å². The van der Waals surface area contributed by atoms with Crippen molar-refractivity contribution in [3.05, 3.63) is 140 Å². The number of pyridine rings is 1. The van der Waals surface area contributed by atoms with Crippen LogP contribution in [0.3, 0.4) is 0 Å². The molecule has 0 bridgehead atoms. The summed E-state index contributed by atoms with van der Waals surface area (Å²) >= 11 is 0. The fourth-order valence-electron chi connectivity index (χ4n) is 6.39. The molecule has 0 saturated carbocycles. The molecule has 0 atom stereocenters. The molecule has 0 radical (unpaired) electrons. The molecule has 9 aromatic rings. The molecule has 0 spiro atoms. The number of rotatable bonds is 3. The molecule has 5 nitrogen and oxygen atoms in total. The van der Waals surface area contributed by atoms with Gasteiger partial charge >= 0.3 is 0 Å². The van der Waals surface area contributed by atoms with Crippen LogP contribution in [-0.4, -0.2) is 24.1 Å². The number of hydrogen-bond acceptors (Lipinski definition) is 3. The number of nitrogens with zero attached hydrogens (tertiary/aromatic N) is 5. The van der Waals surface area contributed by atoms with Crippen LogP contribution < -0.4 is 0 Å². The van der Waals surface area contributed by atoms with E-state index >= 15 is 0 Å². The van der Waals surface area contributed by atoms with Crippen LogP contribution in [0.1, 0.15) is 0 Å². The molecule has 0 aliphatic carbocycles. The van der Waals surface area contributed by atoms with Crippen molar-refractivity contribution in [1.82, 2.24) is 24.1 Å². The van der Waals surface area contributed by atoms with E-state index in [9.17, 15) is 0 Å². The summed E-state index contributed by atoms with van der Waals surface area (Å²) < 4.78 is 4.63. The third kappa shape index (κ3) is 3.34. The van der Waals surface area contributed by atoms with Crippen molar-refractivity contribution in [1.29, 1.82) is 0 Å². The Morgan fingerprint density at radius 2 is 1.12 bits per heavy atom. The molecule has 4 heterocycles. The van der Waals surface area contributed by atoms with Gasteiger partial charge in [-0.15, -0.1) is 0 Å². The van der Waals surface area contributed by atoms with Crippen molar-refractivity contribution in [3.63, 3.8) is 0 Å². The normalized spacial score (nSPS) is 11.8. The average Bonchev–Trinajstić information content (AvgIpc) is 3.55. The van der Waals surface area contributed by atoms with Crippen molar-refractivity contribution >= 4 is 54.4 Å². The number of para-hydroxylation sites is 3.